The van der Waals surface area contributed by atoms with Crippen LogP contribution in [-0.4, -0.2) is 4.69 Å². The fraction of sp³-hybridized carbons (Fsp3) is 0. The van der Waals surface area contributed by atoms with Crippen LogP contribution in [0.25, 0.3) is 0 Å². The Hall–Kier alpha value is -0.340. The van der Waals surface area contributed by atoms with Crippen molar-refractivity contribution in [1.82, 2.24) is 0 Å². The quantitative estimate of drug-likeness (QED) is 0.664. The summed E-state index contributed by atoms with van der Waals surface area (Å²) in [4.78, 5) is 10.6. The summed E-state index contributed by atoms with van der Waals surface area (Å²) in [6.45, 7) is 0. The van der Waals surface area contributed by atoms with Gasteiger partial charge in [0.2, 0.25) is 4.69 Å². The van der Waals surface area contributed by atoms with E-state index in [2.05, 4.69) is 15.9 Å². The van der Waals surface area contributed by atoms with Gasteiger partial charge in [-0.05, 0) is 40.2 Å². The molecule has 1 aromatic rings. The third kappa shape index (κ3) is 1.82. The molecule has 0 aliphatic carbocycles. The maximum atomic E-state index is 10.6. The molecule has 1 rings (SSSR count). The SMILES string of the molecule is O=C(Br)c1ccc(Cl)cc1. The van der Waals surface area contributed by atoms with Crippen LogP contribution >= 0.6 is 27.5 Å². The summed E-state index contributed by atoms with van der Waals surface area (Å²) < 4.78 is -0.121. The minimum absolute atomic E-state index is 0.121. The minimum Gasteiger partial charge on any atom is -0.281 e. The van der Waals surface area contributed by atoms with Gasteiger partial charge in [0.25, 0.3) is 0 Å². The molecule has 0 aromatic heterocycles. The number of hydrogen-bond acceptors (Lipinski definition) is 1. The van der Waals surface area contributed by atoms with E-state index in [-0.39, 0.29) is 4.69 Å². The predicted molar refractivity (Wildman–Crippen MR) is 44.7 cm³/mol. The molecular weight excluding hydrogens is 215 g/mol. The summed E-state index contributed by atoms with van der Waals surface area (Å²) in [6, 6.07) is 6.69. The van der Waals surface area contributed by atoms with Crippen LogP contribution in [0.1, 0.15) is 10.4 Å². The summed E-state index contributed by atoms with van der Waals surface area (Å²) in [5.74, 6) is 0. The molecule has 3 heteroatoms. The van der Waals surface area contributed by atoms with E-state index in [1.807, 2.05) is 0 Å². The van der Waals surface area contributed by atoms with E-state index in [1.165, 1.54) is 0 Å². The Balaban J connectivity index is 3.00. The van der Waals surface area contributed by atoms with Crippen LogP contribution < -0.4 is 0 Å². The second kappa shape index (κ2) is 3.17. The molecule has 1 nitrogen and oxygen atoms in total. The van der Waals surface area contributed by atoms with Crippen LogP contribution in [0.4, 0.5) is 0 Å². The average Bonchev–Trinajstić information content (AvgIpc) is 1.88. The summed E-state index contributed by atoms with van der Waals surface area (Å²) in [6.07, 6.45) is 0. The number of rotatable bonds is 1. The number of carbonyl (C=O) groups excluding carboxylic acids is 1. The van der Waals surface area contributed by atoms with E-state index < -0.39 is 0 Å². The first kappa shape index (κ1) is 7.76. The molecule has 0 N–H and O–H groups in total. The molecule has 0 saturated carbocycles. The molecule has 0 amide bonds. The van der Waals surface area contributed by atoms with Gasteiger partial charge in [0.05, 0.1) is 0 Å². The highest BCUT2D eigenvalue weighted by atomic mass is 79.9. The zero-order chi connectivity index (χ0) is 7.56. The molecule has 1 aromatic carbocycles. The molecule has 0 atom stereocenters. The molecule has 0 bridgehead atoms. The van der Waals surface area contributed by atoms with Crippen molar-refractivity contribution in [2.24, 2.45) is 0 Å². The van der Waals surface area contributed by atoms with E-state index >= 15 is 0 Å². The van der Waals surface area contributed by atoms with Crippen molar-refractivity contribution in [3.05, 3.63) is 34.9 Å². The maximum Gasteiger partial charge on any atom is 0.228 e. The van der Waals surface area contributed by atoms with Gasteiger partial charge in [0.15, 0.2) is 0 Å². The van der Waals surface area contributed by atoms with Crippen molar-refractivity contribution in [2.75, 3.05) is 0 Å². The van der Waals surface area contributed by atoms with E-state index in [0.29, 0.717) is 10.6 Å². The molecule has 0 aliphatic heterocycles. The standard InChI is InChI=1S/C7H4BrClO/c8-7(10)5-1-3-6(9)4-2-5/h1-4H. The van der Waals surface area contributed by atoms with Gasteiger partial charge < -0.3 is 0 Å². The Morgan fingerprint density at radius 3 is 2.20 bits per heavy atom. The Kier molecular flexibility index (Phi) is 2.46. The van der Waals surface area contributed by atoms with Gasteiger partial charge in [0.1, 0.15) is 0 Å². The Morgan fingerprint density at radius 1 is 1.30 bits per heavy atom. The highest BCUT2D eigenvalue weighted by Crippen LogP contribution is 2.11. The molecule has 0 spiro atoms. The number of hydrogen-bond donors (Lipinski definition) is 0. The summed E-state index contributed by atoms with van der Waals surface area (Å²) >= 11 is 8.41. The largest absolute Gasteiger partial charge is 0.281 e. The molecule has 52 valence electrons. The number of benzene rings is 1. The first-order valence-electron chi connectivity index (χ1n) is 2.65. The summed E-state index contributed by atoms with van der Waals surface area (Å²) in [5, 5.41) is 0.637. The normalized spacial score (nSPS) is 9.40. The summed E-state index contributed by atoms with van der Waals surface area (Å²) in [5.41, 5.74) is 0.615. The monoisotopic (exact) mass is 218 g/mol. The fourth-order valence-corrected chi connectivity index (χ4v) is 0.971. The molecule has 0 heterocycles. The van der Waals surface area contributed by atoms with Crippen LogP contribution in [0.15, 0.2) is 24.3 Å². The molecule has 10 heavy (non-hydrogen) atoms. The summed E-state index contributed by atoms with van der Waals surface area (Å²) in [7, 11) is 0. The molecule has 0 unspecified atom stereocenters. The van der Waals surface area contributed by atoms with Crippen LogP contribution in [0, 0.1) is 0 Å². The second-order valence-corrected chi connectivity index (χ2v) is 2.94. The van der Waals surface area contributed by atoms with Gasteiger partial charge >= 0.3 is 0 Å². The van der Waals surface area contributed by atoms with Gasteiger partial charge in [-0.3, -0.25) is 4.79 Å². The van der Waals surface area contributed by atoms with Crippen molar-refractivity contribution in [3.8, 4) is 0 Å². The third-order valence-electron chi connectivity index (χ3n) is 1.07. The molecule has 0 aliphatic rings. The van der Waals surface area contributed by atoms with Crippen LogP contribution in [-0.2, 0) is 0 Å². The van der Waals surface area contributed by atoms with E-state index in [4.69, 9.17) is 11.6 Å². The van der Waals surface area contributed by atoms with Crippen LogP contribution in [0.3, 0.4) is 0 Å². The van der Waals surface area contributed by atoms with Crippen LogP contribution in [0.2, 0.25) is 5.02 Å². The van der Waals surface area contributed by atoms with E-state index in [0.717, 1.165) is 0 Å². The fourth-order valence-electron chi connectivity index (χ4n) is 0.581. The van der Waals surface area contributed by atoms with Gasteiger partial charge in [-0.15, -0.1) is 0 Å². The Labute approximate surface area is 72.1 Å². The van der Waals surface area contributed by atoms with Gasteiger partial charge in [-0.25, -0.2) is 0 Å². The van der Waals surface area contributed by atoms with Crippen molar-refractivity contribution in [1.29, 1.82) is 0 Å². The minimum atomic E-state index is -0.121. The topological polar surface area (TPSA) is 17.1 Å². The number of halogens is 2. The zero-order valence-electron chi connectivity index (χ0n) is 4.97. The lowest BCUT2D eigenvalue weighted by molar-refractivity contribution is 0.109. The Morgan fingerprint density at radius 2 is 1.80 bits per heavy atom. The molecule has 0 fully saturated rings. The molecule has 0 radical (unpaired) electrons. The Bertz CT molecular complexity index is 242. The zero-order valence-corrected chi connectivity index (χ0v) is 7.32. The average molecular weight is 219 g/mol. The van der Waals surface area contributed by atoms with Crippen LogP contribution in [0.5, 0.6) is 0 Å². The third-order valence-corrected chi connectivity index (χ3v) is 1.78. The molecular formula is C7H4BrClO. The van der Waals surface area contributed by atoms with Gasteiger partial charge in [-0.1, -0.05) is 11.6 Å². The first-order chi connectivity index (χ1) is 4.70. The van der Waals surface area contributed by atoms with Crippen molar-refractivity contribution in [2.45, 2.75) is 0 Å². The van der Waals surface area contributed by atoms with Crippen molar-refractivity contribution < 1.29 is 4.79 Å². The lowest BCUT2D eigenvalue weighted by atomic mass is 10.2. The lowest BCUT2D eigenvalue weighted by Gasteiger charge is -1.91. The lowest BCUT2D eigenvalue weighted by Crippen LogP contribution is -1.84. The first-order valence-corrected chi connectivity index (χ1v) is 3.82. The van der Waals surface area contributed by atoms with E-state index in [9.17, 15) is 4.79 Å². The highest BCUT2D eigenvalue weighted by molar-refractivity contribution is 9.18. The van der Waals surface area contributed by atoms with Gasteiger partial charge in [0, 0.05) is 10.6 Å². The van der Waals surface area contributed by atoms with Crippen molar-refractivity contribution in [3.63, 3.8) is 0 Å². The maximum absolute atomic E-state index is 10.6. The predicted octanol–water partition coefficient (Wildman–Crippen LogP) is 2.88. The smallest absolute Gasteiger partial charge is 0.228 e. The van der Waals surface area contributed by atoms with E-state index in [1.54, 1.807) is 24.3 Å². The number of carbonyl (C=O) groups is 1. The second-order valence-electron chi connectivity index (χ2n) is 1.78. The van der Waals surface area contributed by atoms with Gasteiger partial charge in [-0.2, -0.15) is 0 Å². The van der Waals surface area contributed by atoms with Crippen molar-refractivity contribution >= 4 is 32.2 Å². The molecule has 0 saturated heterocycles. The highest BCUT2D eigenvalue weighted by Gasteiger charge is 1.97.